The summed E-state index contributed by atoms with van der Waals surface area (Å²) >= 11 is 0. The number of nitrogens with zero attached hydrogens (tertiary/aromatic N) is 4. The Morgan fingerprint density at radius 2 is 1.20 bits per heavy atom. The standard InChI is InChI=1S/C27H22N4O4/c1-32-21-11-15-9-17-18-10-16-12-22(33-2)24(35-4)14-20(16)29-27(18)31-8-6-5-7-25(31)30-26(17)28-19(15)13-23(21)34-3/h5-14H,1-4H3. The minimum Gasteiger partial charge on any atom is -0.493 e. The van der Waals surface area contributed by atoms with Gasteiger partial charge in [-0.3, -0.25) is 4.90 Å². The van der Waals surface area contributed by atoms with E-state index in [1.165, 1.54) is 0 Å². The van der Waals surface area contributed by atoms with Crippen LogP contribution in [0.2, 0.25) is 0 Å². The van der Waals surface area contributed by atoms with Crippen LogP contribution in [0.3, 0.4) is 0 Å². The van der Waals surface area contributed by atoms with E-state index in [0.29, 0.717) is 28.8 Å². The Kier molecular flexibility index (Phi) is 4.81. The third-order valence-electron chi connectivity index (χ3n) is 6.18. The van der Waals surface area contributed by atoms with E-state index in [-0.39, 0.29) is 0 Å². The van der Waals surface area contributed by atoms with Crippen molar-refractivity contribution in [3.63, 3.8) is 0 Å². The third-order valence-corrected chi connectivity index (χ3v) is 6.18. The molecular weight excluding hydrogens is 444 g/mol. The molecule has 35 heavy (non-hydrogen) atoms. The first-order valence-corrected chi connectivity index (χ1v) is 11.0. The van der Waals surface area contributed by atoms with E-state index in [0.717, 1.165) is 44.6 Å². The van der Waals surface area contributed by atoms with Gasteiger partial charge in [0.15, 0.2) is 28.8 Å². The molecule has 0 amide bonds. The lowest BCUT2D eigenvalue weighted by Gasteiger charge is -2.22. The number of allylic oxidation sites excluding steroid dienone is 2. The van der Waals surface area contributed by atoms with Gasteiger partial charge in [-0.15, -0.1) is 0 Å². The Morgan fingerprint density at radius 1 is 0.629 bits per heavy atom. The predicted octanol–water partition coefficient (Wildman–Crippen LogP) is 5.42. The Bertz CT molecular complexity index is 1610. The summed E-state index contributed by atoms with van der Waals surface area (Å²) in [5, 5.41) is 1.82. The van der Waals surface area contributed by atoms with Gasteiger partial charge in [0.25, 0.3) is 0 Å². The van der Waals surface area contributed by atoms with Crippen LogP contribution in [0.25, 0.3) is 32.9 Å². The molecule has 2 aliphatic rings. The first kappa shape index (κ1) is 21.0. The zero-order chi connectivity index (χ0) is 24.1. The maximum Gasteiger partial charge on any atom is 0.162 e. The lowest BCUT2D eigenvalue weighted by molar-refractivity contribution is 0.356. The van der Waals surface area contributed by atoms with Gasteiger partial charge in [0.2, 0.25) is 0 Å². The number of pyridine rings is 2. The van der Waals surface area contributed by atoms with Crippen molar-refractivity contribution in [1.29, 1.82) is 0 Å². The fourth-order valence-electron chi connectivity index (χ4n) is 4.46. The van der Waals surface area contributed by atoms with Crippen molar-refractivity contribution >= 4 is 39.3 Å². The number of methoxy groups -OCH3 is 4. The number of fused-ring (bicyclic) bond motifs is 7. The molecule has 174 valence electrons. The summed E-state index contributed by atoms with van der Waals surface area (Å²) in [4.78, 5) is 16.8. The number of aliphatic imine (C=N–C) groups is 1. The van der Waals surface area contributed by atoms with Crippen molar-refractivity contribution in [1.82, 2.24) is 9.97 Å². The van der Waals surface area contributed by atoms with E-state index in [9.17, 15) is 0 Å². The summed E-state index contributed by atoms with van der Waals surface area (Å²) < 4.78 is 22.0. The SMILES string of the molecule is COc1cc2cc3c(nc2cc1OC)N=C1C=CC=CN1c1nc2cc(OC)c(OC)cc2cc1-3. The summed E-state index contributed by atoms with van der Waals surface area (Å²) in [6, 6.07) is 11.8. The van der Waals surface area contributed by atoms with Gasteiger partial charge in [0, 0.05) is 40.2 Å². The van der Waals surface area contributed by atoms with Crippen molar-refractivity contribution < 1.29 is 18.9 Å². The molecule has 6 rings (SSSR count). The fraction of sp³-hybridized carbons (Fsp3) is 0.148. The Labute approximate surface area is 201 Å². The Hall–Kier alpha value is -4.59. The molecule has 0 unspecified atom stereocenters. The minimum atomic E-state index is 0.602. The van der Waals surface area contributed by atoms with Gasteiger partial charge in [-0.05, 0) is 36.4 Å². The van der Waals surface area contributed by atoms with Crippen LogP contribution in [0, 0.1) is 0 Å². The molecule has 0 saturated carbocycles. The largest absolute Gasteiger partial charge is 0.493 e. The molecule has 0 atom stereocenters. The lowest BCUT2D eigenvalue weighted by Crippen LogP contribution is -2.25. The first-order chi connectivity index (χ1) is 17.1. The van der Waals surface area contributed by atoms with Crippen LogP contribution in [0.15, 0.2) is 65.8 Å². The van der Waals surface area contributed by atoms with E-state index in [4.69, 9.17) is 33.9 Å². The Balaban J connectivity index is 1.68. The van der Waals surface area contributed by atoms with E-state index in [2.05, 4.69) is 12.1 Å². The second-order valence-electron chi connectivity index (χ2n) is 8.06. The molecule has 2 aromatic heterocycles. The monoisotopic (exact) mass is 466 g/mol. The Morgan fingerprint density at radius 3 is 1.83 bits per heavy atom. The summed E-state index contributed by atoms with van der Waals surface area (Å²) in [5.41, 5.74) is 3.32. The molecule has 0 saturated heterocycles. The second kappa shape index (κ2) is 8.02. The molecule has 8 heteroatoms. The number of benzene rings is 2. The predicted molar refractivity (Wildman–Crippen MR) is 137 cm³/mol. The molecule has 0 spiro atoms. The molecule has 4 aromatic rings. The first-order valence-electron chi connectivity index (χ1n) is 11.0. The highest BCUT2D eigenvalue weighted by Gasteiger charge is 2.26. The van der Waals surface area contributed by atoms with Gasteiger partial charge in [0.05, 0.1) is 39.5 Å². The van der Waals surface area contributed by atoms with E-state index in [1.807, 2.05) is 53.6 Å². The van der Waals surface area contributed by atoms with Gasteiger partial charge >= 0.3 is 0 Å². The van der Waals surface area contributed by atoms with Crippen molar-refractivity contribution in [3.8, 4) is 34.1 Å². The van der Waals surface area contributed by atoms with Crippen LogP contribution >= 0.6 is 0 Å². The average molecular weight is 466 g/mol. The van der Waals surface area contributed by atoms with Crippen LogP contribution in [0.5, 0.6) is 23.0 Å². The van der Waals surface area contributed by atoms with Crippen LogP contribution in [-0.4, -0.2) is 44.2 Å². The fourth-order valence-corrected chi connectivity index (χ4v) is 4.46. The van der Waals surface area contributed by atoms with Crippen LogP contribution in [0.4, 0.5) is 11.6 Å². The average Bonchev–Trinajstić information content (AvgIpc) is 3.02. The van der Waals surface area contributed by atoms with Gasteiger partial charge < -0.3 is 18.9 Å². The van der Waals surface area contributed by atoms with Crippen molar-refractivity contribution in [3.05, 3.63) is 60.8 Å². The topological polar surface area (TPSA) is 78.3 Å². The number of hydrogen-bond acceptors (Lipinski definition) is 8. The number of ether oxygens (including phenoxy) is 4. The normalized spacial score (nSPS) is 13.6. The molecule has 0 aliphatic carbocycles. The van der Waals surface area contributed by atoms with E-state index >= 15 is 0 Å². The van der Waals surface area contributed by atoms with Gasteiger partial charge in [-0.2, -0.15) is 0 Å². The molecule has 4 heterocycles. The molecule has 0 fully saturated rings. The summed E-state index contributed by atoms with van der Waals surface area (Å²) in [5.74, 6) is 4.60. The van der Waals surface area contributed by atoms with Crippen molar-refractivity contribution in [2.75, 3.05) is 33.3 Å². The van der Waals surface area contributed by atoms with Crippen molar-refractivity contribution in [2.45, 2.75) is 0 Å². The quantitative estimate of drug-likeness (QED) is 0.397. The zero-order valence-corrected chi connectivity index (χ0v) is 19.7. The third kappa shape index (κ3) is 3.25. The van der Waals surface area contributed by atoms with Crippen LogP contribution < -0.4 is 23.8 Å². The number of anilines is 1. The second-order valence-corrected chi connectivity index (χ2v) is 8.06. The minimum absolute atomic E-state index is 0.602. The van der Waals surface area contributed by atoms with Crippen LogP contribution in [0.1, 0.15) is 0 Å². The molecule has 2 aliphatic heterocycles. The zero-order valence-electron chi connectivity index (χ0n) is 19.7. The lowest BCUT2D eigenvalue weighted by atomic mass is 10.0. The smallest absolute Gasteiger partial charge is 0.162 e. The van der Waals surface area contributed by atoms with E-state index in [1.54, 1.807) is 28.4 Å². The van der Waals surface area contributed by atoms with Crippen LogP contribution in [-0.2, 0) is 0 Å². The van der Waals surface area contributed by atoms with Crippen molar-refractivity contribution in [2.24, 2.45) is 4.99 Å². The molecular formula is C27H22N4O4. The maximum atomic E-state index is 5.53. The highest BCUT2D eigenvalue weighted by molar-refractivity contribution is 6.14. The maximum absolute atomic E-state index is 5.53. The van der Waals surface area contributed by atoms with Gasteiger partial charge in [0.1, 0.15) is 11.7 Å². The highest BCUT2D eigenvalue weighted by atomic mass is 16.5. The van der Waals surface area contributed by atoms with Gasteiger partial charge in [-0.1, -0.05) is 6.08 Å². The van der Waals surface area contributed by atoms with E-state index < -0.39 is 0 Å². The number of amidine groups is 1. The molecule has 8 nitrogen and oxygen atoms in total. The summed E-state index contributed by atoms with van der Waals surface area (Å²) in [6.45, 7) is 0. The molecule has 0 N–H and O–H groups in total. The molecule has 2 aromatic carbocycles. The summed E-state index contributed by atoms with van der Waals surface area (Å²) in [7, 11) is 6.47. The number of rotatable bonds is 4. The molecule has 0 bridgehead atoms. The highest BCUT2D eigenvalue weighted by Crippen LogP contribution is 2.44. The number of aromatic nitrogens is 2. The van der Waals surface area contributed by atoms with Gasteiger partial charge in [-0.25, -0.2) is 15.0 Å². The molecule has 0 radical (unpaired) electrons. The summed E-state index contributed by atoms with van der Waals surface area (Å²) in [6.07, 6.45) is 7.80. The number of hydrogen-bond donors (Lipinski definition) is 0.